The summed E-state index contributed by atoms with van der Waals surface area (Å²) in [6, 6.07) is 0.400. The number of nitrogens with zero attached hydrogens (tertiary/aromatic N) is 1. The summed E-state index contributed by atoms with van der Waals surface area (Å²) in [5.74, 6) is 0.739. The molecule has 120 valence electrons. The number of sulfonamides is 1. The smallest absolute Gasteiger partial charge is 0.213 e. The first kappa shape index (κ1) is 19.9. The van der Waals surface area contributed by atoms with Crippen molar-refractivity contribution in [2.75, 3.05) is 19.3 Å². The van der Waals surface area contributed by atoms with Gasteiger partial charge in [-0.1, -0.05) is 12.8 Å². The summed E-state index contributed by atoms with van der Waals surface area (Å²) in [7, 11) is -1.51. The van der Waals surface area contributed by atoms with E-state index in [4.69, 9.17) is 0 Å². The van der Waals surface area contributed by atoms with Gasteiger partial charge < -0.3 is 10.6 Å². The number of hydrogen-bond acceptors (Lipinski definition) is 3. The molecule has 0 amide bonds. The maximum Gasteiger partial charge on any atom is 0.213 e. The highest BCUT2D eigenvalue weighted by molar-refractivity contribution is 14.0. The van der Waals surface area contributed by atoms with Crippen molar-refractivity contribution in [1.82, 2.24) is 15.4 Å². The Balaban J connectivity index is 0.00000361. The minimum atomic E-state index is -3.21. The third-order valence-electron chi connectivity index (χ3n) is 3.00. The van der Waals surface area contributed by atoms with Gasteiger partial charge in [-0.05, 0) is 26.7 Å². The Morgan fingerprint density at radius 3 is 2.40 bits per heavy atom. The summed E-state index contributed by atoms with van der Waals surface area (Å²) in [6.07, 6.45) is 4.82. The van der Waals surface area contributed by atoms with Crippen LogP contribution >= 0.6 is 24.0 Å². The van der Waals surface area contributed by atoms with E-state index < -0.39 is 10.0 Å². The lowest BCUT2D eigenvalue weighted by Crippen LogP contribution is -2.45. The summed E-state index contributed by atoms with van der Waals surface area (Å²) >= 11 is 0. The van der Waals surface area contributed by atoms with Crippen molar-refractivity contribution >= 4 is 40.0 Å². The molecule has 3 N–H and O–H groups in total. The Morgan fingerprint density at radius 2 is 1.90 bits per heavy atom. The Morgan fingerprint density at radius 1 is 1.30 bits per heavy atom. The minimum absolute atomic E-state index is 0. The zero-order valence-corrected chi connectivity index (χ0v) is 15.6. The average molecular weight is 418 g/mol. The second-order valence-electron chi connectivity index (χ2n) is 5.22. The van der Waals surface area contributed by atoms with E-state index in [0.29, 0.717) is 18.5 Å². The van der Waals surface area contributed by atoms with Gasteiger partial charge in [0.1, 0.15) is 0 Å². The molecule has 20 heavy (non-hydrogen) atoms. The second kappa shape index (κ2) is 9.78. The molecule has 1 saturated carbocycles. The van der Waals surface area contributed by atoms with Crippen LogP contribution in [-0.4, -0.2) is 45.8 Å². The van der Waals surface area contributed by atoms with E-state index >= 15 is 0 Å². The van der Waals surface area contributed by atoms with E-state index in [1.165, 1.54) is 12.8 Å². The SMILES string of the molecule is CN=C(NCCS(=O)(=O)NC(C)C)NC1CCCC1.I. The van der Waals surface area contributed by atoms with Crippen molar-refractivity contribution in [1.29, 1.82) is 0 Å². The molecule has 0 atom stereocenters. The second-order valence-corrected chi connectivity index (χ2v) is 7.09. The third-order valence-corrected chi connectivity index (χ3v) is 4.57. The Kier molecular flexibility index (Phi) is 9.73. The van der Waals surface area contributed by atoms with Gasteiger partial charge in [-0.3, -0.25) is 4.99 Å². The summed E-state index contributed by atoms with van der Waals surface area (Å²) in [5, 5.41) is 6.36. The predicted molar refractivity (Wildman–Crippen MR) is 94.2 cm³/mol. The maximum atomic E-state index is 11.6. The fourth-order valence-corrected chi connectivity index (χ4v) is 3.39. The van der Waals surface area contributed by atoms with Crippen molar-refractivity contribution in [3.63, 3.8) is 0 Å². The Hall–Kier alpha value is -0.0900. The molecule has 0 aromatic rings. The molecule has 1 aliphatic carbocycles. The molecular weight excluding hydrogens is 391 g/mol. The summed E-state index contributed by atoms with van der Waals surface area (Å²) < 4.78 is 25.8. The van der Waals surface area contributed by atoms with Crippen LogP contribution in [0.1, 0.15) is 39.5 Å². The van der Waals surface area contributed by atoms with Crippen LogP contribution in [-0.2, 0) is 10.0 Å². The van der Waals surface area contributed by atoms with Crippen LogP contribution < -0.4 is 15.4 Å². The topological polar surface area (TPSA) is 82.6 Å². The van der Waals surface area contributed by atoms with Crippen molar-refractivity contribution in [3.8, 4) is 0 Å². The highest BCUT2D eigenvalue weighted by atomic mass is 127. The first-order valence-corrected chi connectivity index (χ1v) is 8.55. The van der Waals surface area contributed by atoms with Gasteiger partial charge in [0.05, 0.1) is 5.75 Å². The van der Waals surface area contributed by atoms with Gasteiger partial charge in [0, 0.05) is 25.7 Å². The van der Waals surface area contributed by atoms with Crippen molar-refractivity contribution < 1.29 is 8.42 Å². The molecule has 0 aromatic heterocycles. The number of guanidine groups is 1. The number of aliphatic imine (C=N–C) groups is 1. The average Bonchev–Trinajstić information content (AvgIpc) is 2.78. The van der Waals surface area contributed by atoms with Gasteiger partial charge in [-0.25, -0.2) is 13.1 Å². The maximum absolute atomic E-state index is 11.6. The predicted octanol–water partition coefficient (Wildman–Crippen LogP) is 1.04. The van der Waals surface area contributed by atoms with Crippen molar-refractivity contribution in [2.24, 2.45) is 4.99 Å². The fourth-order valence-electron chi connectivity index (χ4n) is 2.18. The van der Waals surface area contributed by atoms with Crippen LogP contribution in [0.4, 0.5) is 0 Å². The standard InChI is InChI=1S/C12H26N4O2S.HI/c1-10(2)16-19(17,18)9-8-14-12(13-3)15-11-6-4-5-7-11;/h10-11,16H,4-9H2,1-3H3,(H2,13,14,15);1H. The van der Waals surface area contributed by atoms with E-state index in [0.717, 1.165) is 12.8 Å². The zero-order chi connectivity index (χ0) is 14.3. The number of rotatable bonds is 6. The molecule has 1 aliphatic rings. The molecule has 1 rings (SSSR count). The van der Waals surface area contributed by atoms with Gasteiger partial charge in [0.25, 0.3) is 0 Å². The lowest BCUT2D eigenvalue weighted by atomic mass is 10.2. The van der Waals surface area contributed by atoms with Gasteiger partial charge in [-0.15, -0.1) is 24.0 Å². The Labute approximate surface area is 139 Å². The lowest BCUT2D eigenvalue weighted by molar-refractivity contribution is 0.568. The highest BCUT2D eigenvalue weighted by Gasteiger charge is 2.16. The first-order chi connectivity index (χ1) is 8.93. The molecule has 0 bridgehead atoms. The van der Waals surface area contributed by atoms with Gasteiger partial charge in [-0.2, -0.15) is 0 Å². The summed E-state index contributed by atoms with van der Waals surface area (Å²) in [6.45, 7) is 3.98. The molecule has 1 fully saturated rings. The number of halogens is 1. The van der Waals surface area contributed by atoms with E-state index in [-0.39, 0.29) is 35.8 Å². The molecule has 0 saturated heterocycles. The molecule has 6 nitrogen and oxygen atoms in total. The number of hydrogen-bond donors (Lipinski definition) is 3. The molecular formula is C12H27IN4O2S. The van der Waals surface area contributed by atoms with Crippen LogP contribution in [0.15, 0.2) is 4.99 Å². The van der Waals surface area contributed by atoms with E-state index in [2.05, 4.69) is 20.3 Å². The minimum Gasteiger partial charge on any atom is -0.355 e. The first-order valence-electron chi connectivity index (χ1n) is 6.90. The van der Waals surface area contributed by atoms with Crippen LogP contribution in [0.5, 0.6) is 0 Å². The van der Waals surface area contributed by atoms with Crippen LogP contribution in [0.25, 0.3) is 0 Å². The van der Waals surface area contributed by atoms with Crippen LogP contribution in [0.2, 0.25) is 0 Å². The normalized spacial score (nSPS) is 17.1. The molecule has 0 radical (unpaired) electrons. The highest BCUT2D eigenvalue weighted by Crippen LogP contribution is 2.17. The summed E-state index contributed by atoms with van der Waals surface area (Å²) in [4.78, 5) is 4.11. The molecule has 8 heteroatoms. The zero-order valence-electron chi connectivity index (χ0n) is 12.5. The fraction of sp³-hybridized carbons (Fsp3) is 0.917. The monoisotopic (exact) mass is 418 g/mol. The molecule has 0 aliphatic heterocycles. The van der Waals surface area contributed by atoms with E-state index in [9.17, 15) is 8.42 Å². The van der Waals surface area contributed by atoms with E-state index in [1.807, 2.05) is 13.8 Å². The van der Waals surface area contributed by atoms with Gasteiger partial charge in [0.15, 0.2) is 5.96 Å². The van der Waals surface area contributed by atoms with Gasteiger partial charge in [0.2, 0.25) is 10.0 Å². The number of nitrogens with one attached hydrogen (secondary N) is 3. The van der Waals surface area contributed by atoms with Crippen LogP contribution in [0.3, 0.4) is 0 Å². The third kappa shape index (κ3) is 8.25. The molecule has 0 unspecified atom stereocenters. The van der Waals surface area contributed by atoms with Gasteiger partial charge >= 0.3 is 0 Å². The van der Waals surface area contributed by atoms with E-state index in [1.54, 1.807) is 7.05 Å². The Bertz CT molecular complexity index is 392. The summed E-state index contributed by atoms with van der Waals surface area (Å²) in [5.41, 5.74) is 0. The molecule has 0 heterocycles. The lowest BCUT2D eigenvalue weighted by Gasteiger charge is -2.17. The van der Waals surface area contributed by atoms with Crippen molar-refractivity contribution in [2.45, 2.75) is 51.6 Å². The molecule has 0 aromatic carbocycles. The molecule has 0 spiro atoms. The quantitative estimate of drug-likeness (QED) is 0.342. The largest absolute Gasteiger partial charge is 0.355 e. The van der Waals surface area contributed by atoms with Crippen LogP contribution in [0, 0.1) is 0 Å². The van der Waals surface area contributed by atoms with Crippen molar-refractivity contribution in [3.05, 3.63) is 0 Å².